The van der Waals surface area contributed by atoms with E-state index in [0.29, 0.717) is 45.7 Å². The molecule has 0 spiro atoms. The Balaban J connectivity index is 1.99. The van der Waals surface area contributed by atoms with E-state index in [-0.39, 0.29) is 17.3 Å². The molecule has 8 heteroatoms. The van der Waals surface area contributed by atoms with Crippen LogP contribution in [0.15, 0.2) is 60.2 Å². The molecule has 204 valence electrons. The smallest absolute Gasteiger partial charge is 0.300 e. The number of aryl methyl sites for hydroxylation is 1. The number of amides is 1. The number of aliphatic hydroxyl groups excluding tert-OH is 1. The van der Waals surface area contributed by atoms with Gasteiger partial charge in [0.15, 0.2) is 11.5 Å². The minimum atomic E-state index is -0.948. The summed E-state index contributed by atoms with van der Waals surface area (Å²) in [6.07, 6.45) is 0. The van der Waals surface area contributed by atoms with Gasteiger partial charge >= 0.3 is 0 Å². The summed E-state index contributed by atoms with van der Waals surface area (Å²) in [5.74, 6) is -0.131. The molecule has 1 unspecified atom stereocenters. The molecule has 4 rings (SSSR count). The van der Waals surface area contributed by atoms with E-state index in [9.17, 15) is 14.7 Å². The summed E-state index contributed by atoms with van der Waals surface area (Å²) in [5.41, 5.74) is 3.03. The van der Waals surface area contributed by atoms with Crippen LogP contribution in [0.5, 0.6) is 17.2 Å². The number of rotatable bonds is 8. The lowest BCUT2D eigenvalue weighted by atomic mass is 9.92. The largest absolute Gasteiger partial charge is 0.507 e. The van der Waals surface area contributed by atoms with Crippen LogP contribution in [0.25, 0.3) is 5.76 Å². The fourth-order valence-corrected chi connectivity index (χ4v) is 5.02. The normalized spacial score (nSPS) is 16.6. The first-order valence-electron chi connectivity index (χ1n) is 12.7. The summed E-state index contributed by atoms with van der Waals surface area (Å²) < 4.78 is 16.7. The van der Waals surface area contributed by atoms with Crippen molar-refractivity contribution >= 4 is 34.7 Å². The second kappa shape index (κ2) is 11.4. The average molecular weight is 550 g/mol. The Hall–Kier alpha value is -3.97. The molecular weight excluding hydrogens is 518 g/mol. The quantitative estimate of drug-likeness (QED) is 0.189. The van der Waals surface area contributed by atoms with Crippen molar-refractivity contribution in [1.82, 2.24) is 0 Å². The van der Waals surface area contributed by atoms with E-state index in [1.54, 1.807) is 54.6 Å². The highest BCUT2D eigenvalue weighted by Gasteiger charge is 2.47. The maximum atomic E-state index is 13.6. The van der Waals surface area contributed by atoms with Gasteiger partial charge in [-0.05, 0) is 78.9 Å². The Kier molecular flexibility index (Phi) is 8.21. The second-order valence-corrected chi connectivity index (χ2v) is 9.99. The number of aliphatic hydroxyl groups is 1. The van der Waals surface area contributed by atoms with Gasteiger partial charge in [-0.2, -0.15) is 0 Å². The van der Waals surface area contributed by atoms with Crippen molar-refractivity contribution in [2.75, 3.05) is 25.7 Å². The van der Waals surface area contributed by atoms with Crippen molar-refractivity contribution in [2.45, 2.75) is 39.7 Å². The Morgan fingerprint density at radius 1 is 0.974 bits per heavy atom. The molecule has 1 heterocycles. The summed E-state index contributed by atoms with van der Waals surface area (Å²) in [5, 5.41) is 12.1. The number of benzene rings is 3. The number of ether oxygens (including phenoxy) is 3. The highest BCUT2D eigenvalue weighted by atomic mass is 35.5. The van der Waals surface area contributed by atoms with Crippen LogP contribution >= 0.6 is 11.6 Å². The lowest BCUT2D eigenvalue weighted by molar-refractivity contribution is -0.132. The molecule has 0 bridgehead atoms. The van der Waals surface area contributed by atoms with Crippen LogP contribution in [0.2, 0.25) is 5.02 Å². The maximum Gasteiger partial charge on any atom is 0.300 e. The third kappa shape index (κ3) is 5.19. The van der Waals surface area contributed by atoms with E-state index in [1.165, 1.54) is 19.1 Å². The van der Waals surface area contributed by atoms with Gasteiger partial charge in [0.1, 0.15) is 11.5 Å². The number of carbonyl (C=O) groups excluding carboxylic acids is 2. The lowest BCUT2D eigenvalue weighted by Crippen LogP contribution is -2.30. The van der Waals surface area contributed by atoms with Crippen molar-refractivity contribution in [1.29, 1.82) is 0 Å². The van der Waals surface area contributed by atoms with Crippen molar-refractivity contribution < 1.29 is 28.9 Å². The van der Waals surface area contributed by atoms with Crippen LogP contribution in [-0.2, 0) is 9.59 Å². The van der Waals surface area contributed by atoms with Crippen LogP contribution in [0.4, 0.5) is 5.69 Å². The van der Waals surface area contributed by atoms with Gasteiger partial charge in [-0.1, -0.05) is 37.6 Å². The van der Waals surface area contributed by atoms with Gasteiger partial charge in [0.25, 0.3) is 11.7 Å². The van der Waals surface area contributed by atoms with E-state index in [4.69, 9.17) is 25.8 Å². The Morgan fingerprint density at radius 3 is 2.31 bits per heavy atom. The summed E-state index contributed by atoms with van der Waals surface area (Å²) >= 11 is 6.31. The minimum absolute atomic E-state index is 0.0366. The second-order valence-electron chi connectivity index (χ2n) is 9.55. The molecule has 1 N–H and O–H groups in total. The predicted octanol–water partition coefficient (Wildman–Crippen LogP) is 6.81. The molecule has 1 fully saturated rings. The molecule has 1 saturated heterocycles. The van der Waals surface area contributed by atoms with E-state index in [0.717, 1.165) is 11.1 Å². The summed E-state index contributed by atoms with van der Waals surface area (Å²) in [4.78, 5) is 28.6. The number of anilines is 1. The Bertz CT molecular complexity index is 1460. The SMILES string of the molecule is CCOc1ccc(/C(O)=C2\C(=O)C(=O)N(c3cc(Cl)ccc3C)C2c2ccc(OC)c(OC)c2)cc1C(C)C. The van der Waals surface area contributed by atoms with Crippen LogP contribution < -0.4 is 19.1 Å². The summed E-state index contributed by atoms with van der Waals surface area (Å²) in [6.45, 7) is 8.27. The summed E-state index contributed by atoms with van der Waals surface area (Å²) in [7, 11) is 3.03. The van der Waals surface area contributed by atoms with Crippen molar-refractivity contribution in [2.24, 2.45) is 0 Å². The first-order valence-corrected chi connectivity index (χ1v) is 13.1. The molecule has 1 amide bonds. The van der Waals surface area contributed by atoms with Crippen LogP contribution in [0.3, 0.4) is 0 Å². The van der Waals surface area contributed by atoms with Crippen LogP contribution in [-0.4, -0.2) is 37.6 Å². The molecule has 39 heavy (non-hydrogen) atoms. The van der Waals surface area contributed by atoms with Crippen LogP contribution in [0.1, 0.15) is 55.0 Å². The summed E-state index contributed by atoms with van der Waals surface area (Å²) in [6, 6.07) is 14.6. The van der Waals surface area contributed by atoms with E-state index >= 15 is 0 Å². The van der Waals surface area contributed by atoms with Crippen LogP contribution in [0, 0.1) is 6.92 Å². The highest BCUT2D eigenvalue weighted by molar-refractivity contribution is 6.52. The molecular formula is C31H32ClNO6. The predicted molar refractivity (Wildman–Crippen MR) is 152 cm³/mol. The number of carbonyl (C=O) groups is 2. The third-order valence-electron chi connectivity index (χ3n) is 6.80. The Morgan fingerprint density at radius 2 is 1.67 bits per heavy atom. The fraction of sp³-hybridized carbons (Fsp3) is 0.290. The molecule has 0 aliphatic carbocycles. The number of hydrogen-bond acceptors (Lipinski definition) is 6. The first-order chi connectivity index (χ1) is 18.6. The monoisotopic (exact) mass is 549 g/mol. The number of Topliss-reactive ketones (excluding diaryl/α,β-unsaturated/α-hetero) is 1. The molecule has 1 aliphatic heterocycles. The number of nitrogens with zero attached hydrogens (tertiary/aromatic N) is 1. The van der Waals surface area contributed by atoms with Crippen molar-refractivity contribution in [3.63, 3.8) is 0 Å². The first kappa shape index (κ1) is 28.0. The van der Waals surface area contributed by atoms with Gasteiger partial charge < -0.3 is 19.3 Å². The fourth-order valence-electron chi connectivity index (χ4n) is 4.85. The zero-order valence-electron chi connectivity index (χ0n) is 22.9. The van der Waals surface area contributed by atoms with Gasteiger partial charge in [0.05, 0.1) is 32.4 Å². The minimum Gasteiger partial charge on any atom is -0.507 e. The van der Waals surface area contributed by atoms with Gasteiger partial charge in [0.2, 0.25) is 0 Å². The average Bonchev–Trinajstić information content (AvgIpc) is 3.19. The number of methoxy groups -OCH3 is 2. The third-order valence-corrected chi connectivity index (χ3v) is 7.04. The number of hydrogen-bond donors (Lipinski definition) is 1. The number of halogens is 1. The molecule has 0 saturated carbocycles. The van der Waals surface area contributed by atoms with Gasteiger partial charge in [-0.15, -0.1) is 0 Å². The van der Waals surface area contributed by atoms with Crippen molar-refractivity contribution in [3.05, 3.63) is 87.4 Å². The van der Waals surface area contributed by atoms with E-state index in [2.05, 4.69) is 0 Å². The lowest BCUT2D eigenvalue weighted by Gasteiger charge is -2.27. The molecule has 3 aromatic carbocycles. The molecule has 1 atom stereocenters. The van der Waals surface area contributed by atoms with Gasteiger partial charge in [-0.25, -0.2) is 0 Å². The van der Waals surface area contributed by atoms with Gasteiger partial charge in [0, 0.05) is 16.3 Å². The zero-order valence-corrected chi connectivity index (χ0v) is 23.6. The standard InChI is InChI=1S/C31H32ClNO6/c1-7-39-24-12-10-20(14-22(24)17(2)3)29(34)27-28(19-9-13-25(37-5)26(15-19)38-6)33(31(36)30(27)35)23-16-21(32)11-8-18(23)4/h8-17,28,34H,7H2,1-6H3/b29-27+. The molecule has 0 aromatic heterocycles. The topological polar surface area (TPSA) is 85.3 Å². The maximum absolute atomic E-state index is 13.6. The van der Waals surface area contributed by atoms with Gasteiger partial charge in [-0.3, -0.25) is 14.5 Å². The molecule has 3 aromatic rings. The zero-order chi connectivity index (χ0) is 28.4. The van der Waals surface area contributed by atoms with E-state index in [1.807, 2.05) is 27.7 Å². The molecule has 7 nitrogen and oxygen atoms in total. The Labute approximate surface area is 233 Å². The number of ketones is 1. The van der Waals surface area contributed by atoms with Crippen molar-refractivity contribution in [3.8, 4) is 17.2 Å². The molecule has 1 aliphatic rings. The molecule has 0 radical (unpaired) electrons. The highest BCUT2D eigenvalue weighted by Crippen LogP contribution is 2.45. The van der Waals surface area contributed by atoms with E-state index < -0.39 is 17.7 Å².